The summed E-state index contributed by atoms with van der Waals surface area (Å²) < 4.78 is 5.12. The zero-order valence-electron chi connectivity index (χ0n) is 16.6. The van der Waals surface area contributed by atoms with E-state index in [1.54, 1.807) is 33.8 Å². The summed E-state index contributed by atoms with van der Waals surface area (Å²) in [6.45, 7) is 15.8. The third-order valence-corrected chi connectivity index (χ3v) is 2.86. The number of amidine groups is 1. The number of hydrogen-bond acceptors (Lipinski definition) is 5. The highest BCUT2D eigenvalue weighted by atomic mass is 32.2. The molecule has 0 aromatic heterocycles. The highest BCUT2D eigenvalue weighted by molar-refractivity contribution is 8.02. The molecule has 7 heteroatoms. The van der Waals surface area contributed by atoms with Gasteiger partial charge in [0.15, 0.2) is 6.29 Å². The molecule has 0 saturated heterocycles. The SMILES string of the molecule is C=C(NC(=NCCNC(=O)OC(C)(C)C)/C(C=O)=C\C)SC.CCC. The maximum atomic E-state index is 11.5. The molecule has 0 rings (SSSR count). The molecule has 0 aliphatic heterocycles. The lowest BCUT2D eigenvalue weighted by molar-refractivity contribution is -0.104. The Morgan fingerprint density at radius 2 is 1.88 bits per heavy atom. The van der Waals surface area contributed by atoms with Crippen molar-refractivity contribution in [3.05, 3.63) is 23.3 Å². The number of aliphatic imine (C=N–C) groups is 1. The van der Waals surface area contributed by atoms with Gasteiger partial charge in [0.2, 0.25) is 0 Å². The van der Waals surface area contributed by atoms with Crippen LogP contribution in [0.4, 0.5) is 4.79 Å². The van der Waals surface area contributed by atoms with Crippen LogP contribution >= 0.6 is 11.8 Å². The van der Waals surface area contributed by atoms with Gasteiger partial charge in [0, 0.05) is 6.54 Å². The minimum atomic E-state index is -0.536. The lowest BCUT2D eigenvalue weighted by Gasteiger charge is -2.19. The van der Waals surface area contributed by atoms with Crippen LogP contribution in [0, 0.1) is 0 Å². The predicted molar refractivity (Wildman–Crippen MR) is 108 cm³/mol. The molecule has 144 valence electrons. The van der Waals surface area contributed by atoms with E-state index in [1.165, 1.54) is 18.2 Å². The quantitative estimate of drug-likeness (QED) is 0.233. The van der Waals surface area contributed by atoms with Gasteiger partial charge in [0.05, 0.1) is 17.1 Å². The van der Waals surface area contributed by atoms with Crippen LogP contribution in [0.25, 0.3) is 0 Å². The summed E-state index contributed by atoms with van der Waals surface area (Å²) in [6, 6.07) is 0. The molecule has 25 heavy (non-hydrogen) atoms. The Balaban J connectivity index is 0. The van der Waals surface area contributed by atoms with E-state index in [9.17, 15) is 9.59 Å². The lowest BCUT2D eigenvalue weighted by atomic mass is 10.2. The summed E-state index contributed by atoms with van der Waals surface area (Å²) in [5.41, 5.74) is -0.0984. The molecule has 0 radical (unpaired) electrons. The van der Waals surface area contributed by atoms with Crippen molar-refractivity contribution >= 4 is 30.0 Å². The van der Waals surface area contributed by atoms with Crippen molar-refractivity contribution in [2.75, 3.05) is 19.3 Å². The number of nitrogens with zero attached hydrogens (tertiary/aromatic N) is 1. The van der Waals surface area contributed by atoms with E-state index >= 15 is 0 Å². The highest BCUT2D eigenvalue weighted by Crippen LogP contribution is 2.07. The lowest BCUT2D eigenvalue weighted by Crippen LogP contribution is -2.34. The molecular weight excluding hydrogens is 338 g/mol. The van der Waals surface area contributed by atoms with E-state index in [1.807, 2.05) is 6.26 Å². The molecule has 0 atom stereocenters. The second kappa shape index (κ2) is 14.6. The van der Waals surface area contributed by atoms with Crippen molar-refractivity contribution < 1.29 is 14.3 Å². The Hall–Kier alpha value is -1.76. The molecule has 0 aliphatic rings. The number of allylic oxidation sites excluding steroid dienone is 1. The molecule has 0 spiro atoms. The number of amides is 1. The monoisotopic (exact) mass is 371 g/mol. The third-order valence-electron chi connectivity index (χ3n) is 2.27. The molecule has 6 nitrogen and oxygen atoms in total. The van der Waals surface area contributed by atoms with Gasteiger partial charge in [-0.3, -0.25) is 9.79 Å². The number of rotatable bonds is 7. The van der Waals surface area contributed by atoms with Crippen LogP contribution in [0.1, 0.15) is 48.0 Å². The normalized spacial score (nSPS) is 11.8. The first-order valence-electron chi connectivity index (χ1n) is 8.28. The summed E-state index contributed by atoms with van der Waals surface area (Å²) in [6.07, 6.45) is 5.01. The van der Waals surface area contributed by atoms with Crippen molar-refractivity contribution in [3.8, 4) is 0 Å². The van der Waals surface area contributed by atoms with Crippen LogP contribution in [0.2, 0.25) is 0 Å². The molecule has 0 heterocycles. The summed E-state index contributed by atoms with van der Waals surface area (Å²) in [7, 11) is 0. The molecule has 0 unspecified atom stereocenters. The van der Waals surface area contributed by atoms with Gasteiger partial charge in [0.1, 0.15) is 11.4 Å². The fraction of sp³-hybridized carbons (Fsp3) is 0.611. The van der Waals surface area contributed by atoms with Gasteiger partial charge >= 0.3 is 6.09 Å². The predicted octanol–water partition coefficient (Wildman–Crippen LogP) is 3.89. The molecule has 0 fully saturated rings. The molecule has 2 N–H and O–H groups in total. The fourth-order valence-electron chi connectivity index (χ4n) is 1.29. The van der Waals surface area contributed by atoms with Crippen molar-refractivity contribution in [2.24, 2.45) is 4.99 Å². The van der Waals surface area contributed by atoms with Crippen molar-refractivity contribution in [2.45, 2.75) is 53.6 Å². The van der Waals surface area contributed by atoms with E-state index < -0.39 is 11.7 Å². The van der Waals surface area contributed by atoms with Crippen LogP contribution in [0.5, 0.6) is 0 Å². The van der Waals surface area contributed by atoms with E-state index in [0.717, 1.165) is 6.29 Å². The number of carbonyl (C=O) groups is 2. The van der Waals surface area contributed by atoms with Gasteiger partial charge in [-0.2, -0.15) is 0 Å². The number of alkyl carbamates (subject to hydrolysis) is 1. The number of hydrogen-bond donors (Lipinski definition) is 2. The van der Waals surface area contributed by atoms with E-state index in [-0.39, 0.29) is 0 Å². The third kappa shape index (κ3) is 15.5. The molecule has 0 aromatic rings. The Labute approximate surface area is 156 Å². The number of aldehydes is 1. The van der Waals surface area contributed by atoms with Gasteiger partial charge in [-0.1, -0.05) is 32.9 Å². The first-order valence-corrected chi connectivity index (χ1v) is 9.50. The smallest absolute Gasteiger partial charge is 0.407 e. The first kappa shape index (κ1) is 25.5. The number of thioether (sulfide) groups is 1. The maximum absolute atomic E-state index is 11.5. The molecule has 0 aliphatic carbocycles. The van der Waals surface area contributed by atoms with Gasteiger partial charge < -0.3 is 15.4 Å². The Kier molecular flexibility index (Phi) is 14.9. The molecule has 0 saturated carbocycles. The minimum Gasteiger partial charge on any atom is -0.444 e. The average molecular weight is 372 g/mol. The molecule has 0 aromatic carbocycles. The first-order chi connectivity index (χ1) is 11.6. The number of carbonyl (C=O) groups excluding carboxylic acids is 2. The van der Waals surface area contributed by atoms with Crippen LogP contribution in [0.15, 0.2) is 28.2 Å². The Bertz CT molecular complexity index is 480. The standard InChI is InChI=1S/C15H25N3O3S.C3H8/c1-7-12(10-19)13(18-11(2)22-6)16-8-9-17-14(20)21-15(3,4)5;1-3-2/h7,10H,2,8-9H2,1,3-6H3,(H,16,18)(H,17,20);3H2,1-2H3/b12-7-;. The van der Waals surface area contributed by atoms with Gasteiger partial charge in [-0.05, 0) is 34.0 Å². The second-order valence-electron chi connectivity index (χ2n) is 5.98. The Morgan fingerprint density at radius 1 is 1.32 bits per heavy atom. The van der Waals surface area contributed by atoms with E-state index in [2.05, 4.69) is 36.1 Å². The molecule has 1 amide bonds. The Morgan fingerprint density at radius 3 is 2.28 bits per heavy atom. The topological polar surface area (TPSA) is 79.8 Å². The summed E-state index contributed by atoms with van der Waals surface area (Å²) in [5, 5.41) is 6.26. The highest BCUT2D eigenvalue weighted by Gasteiger charge is 2.15. The van der Waals surface area contributed by atoms with Crippen molar-refractivity contribution in [1.82, 2.24) is 10.6 Å². The zero-order valence-corrected chi connectivity index (χ0v) is 17.4. The van der Waals surface area contributed by atoms with Crippen LogP contribution in [0.3, 0.4) is 0 Å². The van der Waals surface area contributed by atoms with Crippen molar-refractivity contribution in [1.29, 1.82) is 0 Å². The van der Waals surface area contributed by atoms with Gasteiger partial charge in [-0.25, -0.2) is 4.79 Å². The van der Waals surface area contributed by atoms with Gasteiger partial charge in [-0.15, -0.1) is 11.8 Å². The largest absolute Gasteiger partial charge is 0.444 e. The summed E-state index contributed by atoms with van der Waals surface area (Å²) in [5.74, 6) is 0.433. The summed E-state index contributed by atoms with van der Waals surface area (Å²) >= 11 is 1.42. The molecule has 0 bridgehead atoms. The van der Waals surface area contributed by atoms with Crippen LogP contribution in [-0.2, 0) is 9.53 Å². The maximum Gasteiger partial charge on any atom is 0.407 e. The number of nitrogens with one attached hydrogen (secondary N) is 2. The van der Waals surface area contributed by atoms with Crippen molar-refractivity contribution in [3.63, 3.8) is 0 Å². The van der Waals surface area contributed by atoms with Gasteiger partial charge in [0.25, 0.3) is 0 Å². The average Bonchev–Trinajstić information content (AvgIpc) is 2.51. The summed E-state index contributed by atoms with van der Waals surface area (Å²) in [4.78, 5) is 26.8. The van der Waals surface area contributed by atoms with E-state index in [0.29, 0.717) is 29.5 Å². The second-order valence-corrected chi connectivity index (χ2v) is 6.88. The van der Waals surface area contributed by atoms with E-state index in [4.69, 9.17) is 4.74 Å². The minimum absolute atomic E-state index is 0.307. The zero-order chi connectivity index (χ0) is 19.9. The molecular formula is C18H33N3O3S. The number of ether oxygens (including phenoxy) is 1. The van der Waals surface area contributed by atoms with Crippen LogP contribution < -0.4 is 10.6 Å². The fourth-order valence-corrected chi connectivity index (χ4v) is 1.49. The van der Waals surface area contributed by atoms with Crippen LogP contribution in [-0.4, -0.2) is 43.2 Å².